The van der Waals surface area contributed by atoms with E-state index in [1.165, 1.54) is 13.2 Å². The molecule has 0 atom stereocenters. The maximum atomic E-state index is 13.5. The summed E-state index contributed by atoms with van der Waals surface area (Å²) < 4.78 is 18.7. The van der Waals surface area contributed by atoms with Gasteiger partial charge < -0.3 is 9.72 Å². The van der Waals surface area contributed by atoms with Crippen LogP contribution in [-0.2, 0) is 0 Å². The summed E-state index contributed by atoms with van der Waals surface area (Å²) in [6.45, 7) is 0. The molecule has 1 N–H and O–H groups in total. The van der Waals surface area contributed by atoms with E-state index in [0.29, 0.717) is 16.6 Å². The molecule has 3 aromatic rings. The standard InChI is InChI=1S/C13H11ClFN3OSi/c1-19-13-7(2-6(15)4-17-13)11-12(20)8-5-16-10(14)3-9(8)18-11/h2-5,18H,1,20H3. The normalized spacial score (nSPS) is 11.2. The number of halogens is 2. The van der Waals surface area contributed by atoms with Gasteiger partial charge in [0.1, 0.15) is 11.0 Å². The monoisotopic (exact) mass is 307 g/mol. The zero-order chi connectivity index (χ0) is 14.3. The molecule has 0 saturated carbocycles. The van der Waals surface area contributed by atoms with E-state index < -0.39 is 5.82 Å². The maximum absolute atomic E-state index is 13.5. The molecular weight excluding hydrogens is 297 g/mol. The molecular formula is C13H11ClFN3OSi. The van der Waals surface area contributed by atoms with Gasteiger partial charge in [-0.1, -0.05) is 11.6 Å². The Balaban J connectivity index is 2.29. The first-order valence-corrected chi connectivity index (χ1v) is 7.31. The molecule has 20 heavy (non-hydrogen) atoms. The van der Waals surface area contributed by atoms with Gasteiger partial charge in [0.25, 0.3) is 0 Å². The van der Waals surface area contributed by atoms with Crippen molar-refractivity contribution in [3.8, 4) is 17.1 Å². The number of ether oxygens (including phenoxy) is 1. The van der Waals surface area contributed by atoms with E-state index in [2.05, 4.69) is 15.0 Å². The number of fused-ring (bicyclic) bond motifs is 1. The first-order valence-electron chi connectivity index (χ1n) is 5.94. The van der Waals surface area contributed by atoms with E-state index in [1.54, 1.807) is 12.3 Å². The SMILES string of the molecule is COc1ncc(F)cc1-c1[nH]c2cc(Cl)ncc2c1[SiH3]. The Hall–Kier alpha value is -1.92. The minimum atomic E-state index is -0.406. The second-order valence-electron chi connectivity index (χ2n) is 4.39. The summed E-state index contributed by atoms with van der Waals surface area (Å²) in [5.74, 6) is -0.0224. The van der Waals surface area contributed by atoms with Crippen molar-refractivity contribution in [1.82, 2.24) is 15.0 Å². The second-order valence-corrected chi connectivity index (χ2v) is 5.78. The van der Waals surface area contributed by atoms with Crippen molar-refractivity contribution in [2.24, 2.45) is 0 Å². The van der Waals surface area contributed by atoms with E-state index in [1.807, 2.05) is 0 Å². The van der Waals surface area contributed by atoms with Gasteiger partial charge in [0.2, 0.25) is 5.88 Å². The Kier molecular flexibility index (Phi) is 3.19. The predicted octanol–water partition coefficient (Wildman–Crippen LogP) is 1.42. The molecule has 0 aliphatic rings. The van der Waals surface area contributed by atoms with Crippen LogP contribution in [0.15, 0.2) is 24.5 Å². The summed E-state index contributed by atoms with van der Waals surface area (Å²) in [5, 5.41) is 2.48. The fourth-order valence-electron chi connectivity index (χ4n) is 2.23. The van der Waals surface area contributed by atoms with E-state index in [-0.39, 0.29) is 0 Å². The van der Waals surface area contributed by atoms with Crippen LogP contribution < -0.4 is 9.92 Å². The largest absolute Gasteiger partial charge is 0.481 e. The van der Waals surface area contributed by atoms with Gasteiger partial charge in [0, 0.05) is 21.8 Å². The molecule has 3 heterocycles. The molecule has 0 amide bonds. The summed E-state index contributed by atoms with van der Waals surface area (Å²) in [7, 11) is 2.28. The van der Waals surface area contributed by atoms with Gasteiger partial charge in [-0.15, -0.1) is 0 Å². The Bertz CT molecular complexity index is 806. The number of H-pyrrole nitrogens is 1. The average molecular weight is 308 g/mol. The predicted molar refractivity (Wildman–Crippen MR) is 80.4 cm³/mol. The van der Waals surface area contributed by atoms with Gasteiger partial charge >= 0.3 is 0 Å². The smallest absolute Gasteiger partial charge is 0.222 e. The molecule has 0 bridgehead atoms. The number of rotatable bonds is 2. The van der Waals surface area contributed by atoms with Gasteiger partial charge in [-0.25, -0.2) is 14.4 Å². The van der Waals surface area contributed by atoms with Crippen molar-refractivity contribution in [1.29, 1.82) is 0 Å². The lowest BCUT2D eigenvalue weighted by atomic mass is 10.2. The molecule has 0 spiro atoms. The number of hydrogen-bond donors (Lipinski definition) is 1. The van der Waals surface area contributed by atoms with E-state index >= 15 is 0 Å². The molecule has 0 aliphatic carbocycles. The third kappa shape index (κ3) is 2.06. The van der Waals surface area contributed by atoms with Gasteiger partial charge in [0.05, 0.1) is 30.1 Å². The molecule has 3 aromatic heterocycles. The molecule has 7 heteroatoms. The van der Waals surface area contributed by atoms with Crippen LogP contribution in [0.3, 0.4) is 0 Å². The zero-order valence-corrected chi connectivity index (χ0v) is 13.6. The van der Waals surface area contributed by atoms with Gasteiger partial charge in [-0.05, 0) is 17.3 Å². The number of aromatic nitrogens is 3. The quantitative estimate of drug-likeness (QED) is 0.575. The number of aromatic amines is 1. The van der Waals surface area contributed by atoms with Crippen molar-refractivity contribution < 1.29 is 9.13 Å². The highest BCUT2D eigenvalue weighted by Gasteiger charge is 2.15. The van der Waals surface area contributed by atoms with Crippen molar-refractivity contribution >= 4 is 37.9 Å². The van der Waals surface area contributed by atoms with Gasteiger partial charge in [0.15, 0.2) is 0 Å². The highest BCUT2D eigenvalue weighted by Crippen LogP contribution is 2.29. The van der Waals surface area contributed by atoms with Crippen LogP contribution >= 0.6 is 11.6 Å². The molecule has 3 rings (SSSR count). The van der Waals surface area contributed by atoms with Crippen LogP contribution in [-0.4, -0.2) is 32.3 Å². The summed E-state index contributed by atoms with van der Waals surface area (Å²) in [6.07, 6.45) is 2.86. The molecule has 102 valence electrons. The maximum Gasteiger partial charge on any atom is 0.222 e. The number of hydrogen-bond acceptors (Lipinski definition) is 3. The number of nitrogens with one attached hydrogen (secondary N) is 1. The Morgan fingerprint density at radius 3 is 2.85 bits per heavy atom. The molecule has 0 saturated heterocycles. The molecule has 4 nitrogen and oxygen atoms in total. The summed E-state index contributed by atoms with van der Waals surface area (Å²) in [5.41, 5.74) is 2.28. The minimum absolute atomic E-state index is 0.383. The minimum Gasteiger partial charge on any atom is -0.481 e. The summed E-state index contributed by atoms with van der Waals surface area (Å²) >= 11 is 5.89. The fourth-order valence-corrected chi connectivity index (χ4v) is 3.18. The first-order chi connectivity index (χ1) is 9.60. The van der Waals surface area contributed by atoms with Crippen LogP contribution in [0.1, 0.15) is 0 Å². The lowest BCUT2D eigenvalue weighted by molar-refractivity contribution is 0.397. The van der Waals surface area contributed by atoms with Crippen molar-refractivity contribution in [3.63, 3.8) is 0 Å². The summed E-state index contributed by atoms with van der Waals surface area (Å²) in [6, 6.07) is 3.16. The van der Waals surface area contributed by atoms with E-state index in [9.17, 15) is 4.39 Å². The van der Waals surface area contributed by atoms with Crippen LogP contribution in [0.5, 0.6) is 5.88 Å². The highest BCUT2D eigenvalue weighted by molar-refractivity contribution is 6.42. The van der Waals surface area contributed by atoms with Crippen LogP contribution in [0.2, 0.25) is 5.15 Å². The lowest BCUT2D eigenvalue weighted by Crippen LogP contribution is -2.06. The molecule has 0 radical (unpaired) electrons. The molecule has 0 fully saturated rings. The van der Waals surface area contributed by atoms with E-state index in [4.69, 9.17) is 16.3 Å². The molecule has 0 aliphatic heterocycles. The fraction of sp³-hybridized carbons (Fsp3) is 0.0769. The van der Waals surface area contributed by atoms with Crippen molar-refractivity contribution in [3.05, 3.63) is 35.5 Å². The molecule has 0 aromatic carbocycles. The van der Waals surface area contributed by atoms with Crippen molar-refractivity contribution in [2.45, 2.75) is 0 Å². The third-order valence-corrected chi connectivity index (χ3v) is 4.44. The zero-order valence-electron chi connectivity index (χ0n) is 10.9. The third-order valence-electron chi connectivity index (χ3n) is 3.19. The van der Waals surface area contributed by atoms with Gasteiger partial charge in [-0.3, -0.25) is 0 Å². The first kappa shape index (κ1) is 13.1. The number of nitrogens with zero attached hydrogens (tertiary/aromatic N) is 2. The number of methoxy groups -OCH3 is 1. The summed E-state index contributed by atoms with van der Waals surface area (Å²) in [4.78, 5) is 11.3. The van der Waals surface area contributed by atoms with Crippen molar-refractivity contribution in [2.75, 3.05) is 7.11 Å². The Morgan fingerprint density at radius 1 is 1.30 bits per heavy atom. The topological polar surface area (TPSA) is 50.8 Å². The Labute approximate surface area is 122 Å². The Morgan fingerprint density at radius 2 is 2.10 bits per heavy atom. The molecule has 0 unspecified atom stereocenters. The lowest BCUT2D eigenvalue weighted by Gasteiger charge is -2.06. The van der Waals surface area contributed by atoms with Gasteiger partial charge in [-0.2, -0.15) is 0 Å². The van der Waals surface area contributed by atoms with Crippen LogP contribution in [0.4, 0.5) is 4.39 Å². The second kappa shape index (κ2) is 4.88. The van der Waals surface area contributed by atoms with Crippen LogP contribution in [0, 0.1) is 5.82 Å². The van der Waals surface area contributed by atoms with E-state index in [0.717, 1.165) is 38.2 Å². The highest BCUT2D eigenvalue weighted by atomic mass is 35.5. The number of pyridine rings is 2. The van der Waals surface area contributed by atoms with Crippen LogP contribution in [0.25, 0.3) is 22.2 Å². The average Bonchev–Trinajstić information content (AvgIpc) is 2.75.